The van der Waals surface area contributed by atoms with Gasteiger partial charge < -0.3 is 10.5 Å². The zero-order valence-electron chi connectivity index (χ0n) is 8.25. The fourth-order valence-corrected chi connectivity index (χ4v) is 1.09. The Labute approximate surface area is 93.8 Å². The molecule has 0 aromatic carbocycles. The number of nitrogens with two attached hydrogens (primary N) is 1. The highest BCUT2D eigenvalue weighted by Crippen LogP contribution is 2.31. The summed E-state index contributed by atoms with van der Waals surface area (Å²) in [6.07, 6.45) is -5.38. The number of nitrogen functional groups attached to an aromatic ring is 1. The van der Waals surface area contributed by atoms with Crippen LogP contribution < -0.4 is 10.5 Å². The molecule has 17 heavy (non-hydrogen) atoms. The van der Waals surface area contributed by atoms with E-state index in [0.29, 0.717) is 0 Å². The molecule has 0 amide bonds. The lowest BCUT2D eigenvalue weighted by Gasteiger charge is -2.13. The molecule has 5 nitrogen and oxygen atoms in total. The van der Waals surface area contributed by atoms with Gasteiger partial charge in [-0.2, -0.15) is 10.5 Å². The second kappa shape index (κ2) is 4.58. The molecular formula is C9H5F3N4O. The predicted octanol–water partition coefficient (Wildman–Crippen LogP) is 1.50. The third-order valence-corrected chi connectivity index (χ3v) is 1.65. The molecule has 0 unspecified atom stereocenters. The molecule has 2 N–H and O–H groups in total. The van der Waals surface area contributed by atoms with Crippen LogP contribution in [0.5, 0.6) is 5.75 Å². The number of nitriles is 2. The zero-order valence-corrected chi connectivity index (χ0v) is 8.25. The number of aromatic nitrogens is 1. The summed E-state index contributed by atoms with van der Waals surface area (Å²) >= 11 is 0. The highest BCUT2D eigenvalue weighted by atomic mass is 19.4. The van der Waals surface area contributed by atoms with Crippen LogP contribution in [0.1, 0.15) is 11.4 Å². The van der Waals surface area contributed by atoms with Crippen LogP contribution in [-0.4, -0.2) is 11.3 Å². The number of anilines is 1. The summed E-state index contributed by atoms with van der Waals surface area (Å²) in [5.74, 6) is -0.738. The fourth-order valence-electron chi connectivity index (χ4n) is 1.09. The van der Waals surface area contributed by atoms with Crippen molar-refractivity contribution >= 4 is 5.69 Å². The van der Waals surface area contributed by atoms with Gasteiger partial charge >= 0.3 is 6.36 Å². The molecule has 0 bridgehead atoms. The third-order valence-electron chi connectivity index (χ3n) is 1.65. The number of hydrogen-bond donors (Lipinski definition) is 1. The number of rotatable bonds is 2. The maximum absolute atomic E-state index is 12.1. The zero-order chi connectivity index (χ0) is 13.1. The van der Waals surface area contributed by atoms with Crippen LogP contribution in [0.15, 0.2) is 6.07 Å². The summed E-state index contributed by atoms with van der Waals surface area (Å²) in [6.45, 7) is 0. The van der Waals surface area contributed by atoms with Gasteiger partial charge in [0.15, 0.2) is 5.75 Å². The molecule has 1 aromatic rings. The first-order chi connectivity index (χ1) is 7.87. The van der Waals surface area contributed by atoms with E-state index in [1.165, 1.54) is 0 Å². The molecule has 0 saturated carbocycles. The second-order valence-electron chi connectivity index (χ2n) is 2.87. The van der Waals surface area contributed by atoms with E-state index in [0.717, 1.165) is 6.07 Å². The highest BCUT2D eigenvalue weighted by molar-refractivity contribution is 5.57. The van der Waals surface area contributed by atoms with Crippen molar-refractivity contribution in [1.82, 2.24) is 4.98 Å². The van der Waals surface area contributed by atoms with E-state index >= 15 is 0 Å². The molecular weight excluding hydrogens is 237 g/mol. The number of pyridine rings is 1. The van der Waals surface area contributed by atoms with Gasteiger partial charge in [-0.05, 0) is 0 Å². The SMILES string of the molecule is N#CCc1nc(C#N)cc(N)c1OC(F)(F)F. The van der Waals surface area contributed by atoms with Crippen LogP contribution in [0, 0.1) is 22.7 Å². The van der Waals surface area contributed by atoms with Crippen LogP contribution in [0.4, 0.5) is 18.9 Å². The molecule has 0 spiro atoms. The largest absolute Gasteiger partial charge is 0.573 e. The lowest BCUT2D eigenvalue weighted by atomic mass is 10.2. The minimum atomic E-state index is -4.94. The number of nitrogens with zero attached hydrogens (tertiary/aromatic N) is 3. The van der Waals surface area contributed by atoms with E-state index in [1.807, 2.05) is 0 Å². The Morgan fingerprint density at radius 1 is 1.41 bits per heavy atom. The maximum atomic E-state index is 12.1. The maximum Gasteiger partial charge on any atom is 0.573 e. The molecule has 0 aliphatic carbocycles. The average Bonchev–Trinajstić information content (AvgIpc) is 2.21. The lowest BCUT2D eigenvalue weighted by Crippen LogP contribution is -2.19. The molecule has 88 valence electrons. The molecule has 0 atom stereocenters. The van der Waals surface area contributed by atoms with Crippen LogP contribution in [0.25, 0.3) is 0 Å². The molecule has 1 rings (SSSR count). The average molecular weight is 242 g/mol. The third kappa shape index (κ3) is 3.24. The summed E-state index contributed by atoms with van der Waals surface area (Å²) < 4.78 is 39.9. The number of halogens is 3. The Morgan fingerprint density at radius 2 is 2.06 bits per heavy atom. The van der Waals surface area contributed by atoms with Crippen molar-refractivity contribution in [3.8, 4) is 17.9 Å². The Bertz CT molecular complexity index is 513. The number of ether oxygens (including phenoxy) is 1. The van der Waals surface area contributed by atoms with Gasteiger partial charge in [0, 0.05) is 6.07 Å². The fraction of sp³-hybridized carbons (Fsp3) is 0.222. The van der Waals surface area contributed by atoms with Crippen molar-refractivity contribution in [2.45, 2.75) is 12.8 Å². The first kappa shape index (κ1) is 12.6. The van der Waals surface area contributed by atoms with Crippen molar-refractivity contribution < 1.29 is 17.9 Å². The van der Waals surface area contributed by atoms with Crippen LogP contribution in [0.3, 0.4) is 0 Å². The van der Waals surface area contributed by atoms with Gasteiger partial charge in [-0.1, -0.05) is 0 Å². The van der Waals surface area contributed by atoms with Gasteiger partial charge in [0.1, 0.15) is 17.5 Å². The molecule has 1 aromatic heterocycles. The number of alkyl halides is 3. The van der Waals surface area contributed by atoms with E-state index in [-0.39, 0.29) is 17.1 Å². The van der Waals surface area contributed by atoms with E-state index in [4.69, 9.17) is 16.3 Å². The molecule has 0 aliphatic heterocycles. The standard InChI is InChI=1S/C9H5F3N4O/c10-9(11,12)17-8-6(15)3-5(4-14)16-7(8)1-2-13/h3H,1H2,(H2,15,16). The molecule has 0 saturated heterocycles. The van der Waals surface area contributed by atoms with Crippen molar-refractivity contribution in [1.29, 1.82) is 10.5 Å². The van der Waals surface area contributed by atoms with Crippen molar-refractivity contribution in [3.63, 3.8) is 0 Å². The summed E-state index contributed by atoms with van der Waals surface area (Å²) in [7, 11) is 0. The van der Waals surface area contributed by atoms with Crippen molar-refractivity contribution in [3.05, 3.63) is 17.5 Å². The Balaban J connectivity index is 3.28. The Morgan fingerprint density at radius 3 is 2.53 bits per heavy atom. The number of hydrogen-bond acceptors (Lipinski definition) is 5. The van der Waals surface area contributed by atoms with Gasteiger partial charge in [0.05, 0.1) is 18.2 Å². The van der Waals surface area contributed by atoms with Crippen LogP contribution >= 0.6 is 0 Å². The summed E-state index contributed by atoms with van der Waals surface area (Å²) in [4.78, 5) is 3.54. The smallest absolute Gasteiger partial charge is 0.402 e. The molecule has 8 heteroatoms. The van der Waals surface area contributed by atoms with Crippen molar-refractivity contribution in [2.24, 2.45) is 0 Å². The molecule has 0 radical (unpaired) electrons. The topological polar surface area (TPSA) is 95.7 Å². The van der Waals surface area contributed by atoms with Crippen molar-refractivity contribution in [2.75, 3.05) is 5.73 Å². The Hall–Kier alpha value is -2.48. The summed E-state index contributed by atoms with van der Waals surface area (Å²) in [5, 5.41) is 17.0. The van der Waals surface area contributed by atoms with E-state index in [2.05, 4.69) is 9.72 Å². The van der Waals surface area contributed by atoms with Gasteiger partial charge in [-0.15, -0.1) is 13.2 Å². The first-order valence-electron chi connectivity index (χ1n) is 4.19. The minimum Gasteiger partial charge on any atom is -0.402 e. The van der Waals surface area contributed by atoms with E-state index < -0.39 is 18.5 Å². The molecule has 1 heterocycles. The lowest BCUT2D eigenvalue weighted by molar-refractivity contribution is -0.274. The van der Waals surface area contributed by atoms with Gasteiger partial charge in [0.25, 0.3) is 0 Å². The van der Waals surface area contributed by atoms with Gasteiger partial charge in [-0.25, -0.2) is 4.98 Å². The first-order valence-corrected chi connectivity index (χ1v) is 4.19. The predicted molar refractivity (Wildman–Crippen MR) is 49.4 cm³/mol. The second-order valence-corrected chi connectivity index (χ2v) is 2.87. The quantitative estimate of drug-likeness (QED) is 0.847. The van der Waals surface area contributed by atoms with Gasteiger partial charge in [0.2, 0.25) is 0 Å². The van der Waals surface area contributed by atoms with E-state index in [9.17, 15) is 13.2 Å². The van der Waals surface area contributed by atoms with Crippen LogP contribution in [0.2, 0.25) is 0 Å². The summed E-state index contributed by atoms with van der Waals surface area (Å²) in [6, 6.07) is 4.18. The Kier molecular flexibility index (Phi) is 3.39. The normalized spacial score (nSPS) is 10.4. The molecule has 0 fully saturated rings. The summed E-state index contributed by atoms with van der Waals surface area (Å²) in [5.41, 5.74) is 4.42. The monoisotopic (exact) mass is 242 g/mol. The van der Waals surface area contributed by atoms with Gasteiger partial charge in [-0.3, -0.25) is 0 Å². The van der Waals surface area contributed by atoms with Crippen LogP contribution in [-0.2, 0) is 6.42 Å². The minimum absolute atomic E-state index is 0.178. The molecule has 0 aliphatic rings. The highest BCUT2D eigenvalue weighted by Gasteiger charge is 2.33. The van der Waals surface area contributed by atoms with E-state index in [1.54, 1.807) is 12.1 Å².